The minimum absolute atomic E-state index is 0.0203. The van der Waals surface area contributed by atoms with Crippen molar-refractivity contribution >= 4 is 39.3 Å². The number of hydrogen-bond acceptors (Lipinski definition) is 5. The molecule has 0 aliphatic rings. The van der Waals surface area contributed by atoms with Gasteiger partial charge in [0, 0.05) is 5.56 Å². The van der Waals surface area contributed by atoms with E-state index in [1.807, 2.05) is 56.5 Å². The first-order chi connectivity index (χ1) is 20.1. The smallest absolute Gasteiger partial charge is 0.326 e. The van der Waals surface area contributed by atoms with Gasteiger partial charge in [-0.05, 0) is 90.9 Å². The number of benzene rings is 4. The third-order valence-corrected chi connectivity index (χ3v) is 9.39. The van der Waals surface area contributed by atoms with Crippen molar-refractivity contribution in [1.29, 1.82) is 0 Å². The molecule has 0 saturated carbocycles. The van der Waals surface area contributed by atoms with Crippen molar-refractivity contribution in [1.82, 2.24) is 5.32 Å². The Morgan fingerprint density at radius 2 is 1.55 bits per heavy atom. The lowest BCUT2D eigenvalue weighted by Gasteiger charge is -2.25. The summed E-state index contributed by atoms with van der Waals surface area (Å²) in [6.45, 7) is 3.85. The van der Waals surface area contributed by atoms with Crippen molar-refractivity contribution in [3.63, 3.8) is 0 Å². The molecule has 2 N–H and O–H groups in total. The normalized spacial score (nSPS) is 12.0. The molecule has 4 aromatic carbocycles. The first kappa shape index (κ1) is 30.9. The number of carboxylic acid groups (broad SMARTS) is 1. The quantitative estimate of drug-likeness (QED) is 0.197. The lowest BCUT2D eigenvalue weighted by atomic mass is 9.93. The standard InChI is InChI=1S/C33H34N2O5S2/c1-23-13-16-27(17-14-23)42(39,40)35(26-10-5-4-6-11-26)22-25-15-18-29(30(21-25)28-12-8-7-9-24(28)2)32(36)34-31(33(37)38)19-20-41-3/h4-18,21,31H,19-20,22H2,1-3H3,(H,34,36)(H,37,38). The van der Waals surface area contributed by atoms with E-state index in [4.69, 9.17) is 0 Å². The summed E-state index contributed by atoms with van der Waals surface area (Å²) in [5.41, 5.74) is 4.77. The Labute approximate surface area is 251 Å². The van der Waals surface area contributed by atoms with E-state index in [1.54, 1.807) is 60.7 Å². The average molecular weight is 603 g/mol. The van der Waals surface area contributed by atoms with Crippen molar-refractivity contribution in [2.45, 2.75) is 37.8 Å². The van der Waals surface area contributed by atoms with Crippen molar-refractivity contribution in [3.8, 4) is 11.1 Å². The number of nitrogens with zero attached hydrogens (tertiary/aromatic N) is 1. The Kier molecular flexibility index (Phi) is 10.1. The fourth-order valence-electron chi connectivity index (χ4n) is 4.63. The van der Waals surface area contributed by atoms with Crippen LogP contribution in [-0.2, 0) is 21.4 Å². The van der Waals surface area contributed by atoms with Crippen LogP contribution in [0.25, 0.3) is 11.1 Å². The highest BCUT2D eigenvalue weighted by Crippen LogP contribution is 2.31. The third-order valence-electron chi connectivity index (χ3n) is 6.96. The molecule has 0 spiro atoms. The Bertz CT molecular complexity index is 1660. The zero-order chi connectivity index (χ0) is 30.3. The van der Waals surface area contributed by atoms with Crippen LogP contribution in [0.2, 0.25) is 0 Å². The van der Waals surface area contributed by atoms with Gasteiger partial charge in [0.05, 0.1) is 17.1 Å². The van der Waals surface area contributed by atoms with E-state index < -0.39 is 27.9 Å². The topological polar surface area (TPSA) is 104 Å². The van der Waals surface area contributed by atoms with Crippen LogP contribution < -0.4 is 9.62 Å². The molecule has 0 aliphatic carbocycles. The van der Waals surface area contributed by atoms with E-state index in [2.05, 4.69) is 5.32 Å². The van der Waals surface area contributed by atoms with Gasteiger partial charge in [-0.15, -0.1) is 0 Å². The summed E-state index contributed by atoms with van der Waals surface area (Å²) in [6, 6.07) is 27.4. The van der Waals surface area contributed by atoms with Crippen molar-refractivity contribution in [2.75, 3.05) is 16.3 Å². The number of carbonyl (C=O) groups is 2. The van der Waals surface area contributed by atoms with Gasteiger partial charge in [-0.2, -0.15) is 11.8 Å². The number of amides is 1. The molecule has 1 unspecified atom stereocenters. The molecule has 7 nitrogen and oxygen atoms in total. The second kappa shape index (κ2) is 13.7. The van der Waals surface area contributed by atoms with Gasteiger partial charge in [-0.25, -0.2) is 13.2 Å². The monoisotopic (exact) mass is 602 g/mol. The molecule has 1 atom stereocenters. The number of aryl methyl sites for hydroxylation is 2. The molecule has 42 heavy (non-hydrogen) atoms. The Hall–Kier alpha value is -4.08. The summed E-state index contributed by atoms with van der Waals surface area (Å²) < 4.78 is 29.2. The minimum Gasteiger partial charge on any atom is -0.480 e. The predicted molar refractivity (Wildman–Crippen MR) is 169 cm³/mol. The Morgan fingerprint density at radius 3 is 2.19 bits per heavy atom. The minimum atomic E-state index is -3.93. The molecule has 0 fully saturated rings. The van der Waals surface area contributed by atoms with Crippen molar-refractivity contribution in [3.05, 3.63) is 119 Å². The zero-order valence-electron chi connectivity index (χ0n) is 23.8. The Balaban J connectivity index is 1.78. The van der Waals surface area contributed by atoms with Crippen LogP contribution in [0.5, 0.6) is 0 Å². The molecule has 0 bridgehead atoms. The number of para-hydroxylation sites is 1. The lowest BCUT2D eigenvalue weighted by molar-refractivity contribution is -0.139. The highest BCUT2D eigenvalue weighted by Gasteiger charge is 2.27. The summed E-state index contributed by atoms with van der Waals surface area (Å²) in [5, 5.41) is 12.4. The molecule has 0 aromatic heterocycles. The zero-order valence-corrected chi connectivity index (χ0v) is 25.4. The number of carboxylic acids is 1. The second-order valence-corrected chi connectivity index (χ2v) is 12.8. The lowest BCUT2D eigenvalue weighted by Crippen LogP contribution is -2.41. The number of sulfonamides is 1. The predicted octanol–water partition coefficient (Wildman–Crippen LogP) is 6.30. The first-order valence-electron chi connectivity index (χ1n) is 13.5. The van der Waals surface area contributed by atoms with Gasteiger partial charge in [0.2, 0.25) is 0 Å². The van der Waals surface area contributed by atoms with Crippen molar-refractivity contribution < 1.29 is 23.1 Å². The van der Waals surface area contributed by atoms with E-state index in [9.17, 15) is 23.1 Å². The third kappa shape index (κ3) is 7.21. The Morgan fingerprint density at radius 1 is 0.881 bits per heavy atom. The maximum atomic E-state index is 13.9. The number of aliphatic carboxylic acids is 1. The fourth-order valence-corrected chi connectivity index (χ4v) is 6.55. The van der Waals surface area contributed by atoms with Crippen LogP contribution in [0.1, 0.15) is 33.5 Å². The average Bonchev–Trinajstić information content (AvgIpc) is 2.98. The molecule has 0 radical (unpaired) electrons. The molecular weight excluding hydrogens is 569 g/mol. The number of nitrogens with one attached hydrogen (secondary N) is 1. The number of carbonyl (C=O) groups excluding carboxylic acids is 1. The van der Waals surface area contributed by atoms with Gasteiger partial charge in [0.1, 0.15) is 6.04 Å². The van der Waals surface area contributed by atoms with Crippen LogP contribution in [0.15, 0.2) is 102 Å². The molecule has 0 heterocycles. The van der Waals surface area contributed by atoms with Gasteiger partial charge in [-0.3, -0.25) is 9.10 Å². The van der Waals surface area contributed by atoms with Gasteiger partial charge in [0.15, 0.2) is 0 Å². The molecular formula is C33H34N2O5S2. The van der Waals surface area contributed by atoms with Gasteiger partial charge in [0.25, 0.3) is 15.9 Å². The first-order valence-corrected chi connectivity index (χ1v) is 16.3. The van der Waals surface area contributed by atoms with Crippen LogP contribution >= 0.6 is 11.8 Å². The molecule has 0 aliphatic heterocycles. The molecule has 9 heteroatoms. The number of hydrogen-bond donors (Lipinski definition) is 2. The van der Waals surface area contributed by atoms with E-state index in [-0.39, 0.29) is 11.4 Å². The summed E-state index contributed by atoms with van der Waals surface area (Å²) in [7, 11) is -3.93. The van der Waals surface area contributed by atoms with E-state index in [0.29, 0.717) is 34.6 Å². The molecule has 0 saturated heterocycles. The van der Waals surface area contributed by atoms with Gasteiger partial charge >= 0.3 is 5.97 Å². The van der Waals surface area contributed by atoms with E-state index in [1.165, 1.54) is 16.1 Å². The maximum absolute atomic E-state index is 13.9. The summed E-state index contributed by atoms with van der Waals surface area (Å²) in [6.07, 6.45) is 2.18. The van der Waals surface area contributed by atoms with Crippen LogP contribution in [-0.4, -0.2) is 43.5 Å². The van der Waals surface area contributed by atoms with Gasteiger partial charge < -0.3 is 10.4 Å². The molecule has 218 valence electrons. The number of thioether (sulfide) groups is 1. The van der Waals surface area contributed by atoms with Crippen LogP contribution in [0.4, 0.5) is 5.69 Å². The number of anilines is 1. The summed E-state index contributed by atoms with van der Waals surface area (Å²) in [5.74, 6) is -1.00. The highest BCUT2D eigenvalue weighted by molar-refractivity contribution is 7.98. The van der Waals surface area contributed by atoms with Crippen LogP contribution in [0.3, 0.4) is 0 Å². The fraction of sp³-hybridized carbons (Fsp3) is 0.212. The second-order valence-electron chi connectivity index (χ2n) is 10.0. The maximum Gasteiger partial charge on any atom is 0.326 e. The largest absolute Gasteiger partial charge is 0.480 e. The van der Waals surface area contributed by atoms with Crippen LogP contribution in [0, 0.1) is 13.8 Å². The molecule has 4 rings (SSSR count). The van der Waals surface area contributed by atoms with Crippen molar-refractivity contribution in [2.24, 2.45) is 0 Å². The summed E-state index contributed by atoms with van der Waals surface area (Å²) in [4.78, 5) is 25.5. The van der Waals surface area contributed by atoms with E-state index >= 15 is 0 Å². The molecule has 1 amide bonds. The number of rotatable bonds is 12. The van der Waals surface area contributed by atoms with Gasteiger partial charge in [-0.1, -0.05) is 66.2 Å². The van der Waals surface area contributed by atoms with E-state index in [0.717, 1.165) is 16.7 Å². The highest BCUT2D eigenvalue weighted by atomic mass is 32.2. The summed E-state index contributed by atoms with van der Waals surface area (Å²) >= 11 is 1.51. The molecule has 4 aromatic rings. The SMILES string of the molecule is CSCCC(NC(=O)c1ccc(CN(c2ccccc2)S(=O)(=O)c2ccc(C)cc2)cc1-c1ccccc1C)C(=O)O.